The molecule has 0 aliphatic heterocycles. The van der Waals surface area contributed by atoms with Crippen molar-refractivity contribution in [3.8, 4) is 0 Å². The lowest BCUT2D eigenvalue weighted by atomic mass is 10.1. The molecule has 2 aromatic rings. The summed E-state index contributed by atoms with van der Waals surface area (Å²) in [5, 5.41) is 5.77. The maximum Gasteiger partial charge on any atom is 0.321 e. The number of carbonyl (C=O) groups is 3. The summed E-state index contributed by atoms with van der Waals surface area (Å²) in [4.78, 5) is 39.9. The topological polar surface area (TPSA) is 97.4 Å². The summed E-state index contributed by atoms with van der Waals surface area (Å²) in [6.07, 6.45) is 0.0886. The molecule has 9 heteroatoms. The zero-order chi connectivity index (χ0) is 18.9. The minimum absolute atomic E-state index is 0.0886. The number of thiazole rings is 1. The quantitative estimate of drug-likeness (QED) is 0.554. The molecule has 2 rings (SSSR count). The van der Waals surface area contributed by atoms with E-state index in [0.29, 0.717) is 16.6 Å². The Morgan fingerprint density at radius 1 is 1.27 bits per heavy atom. The molecule has 1 heterocycles. The summed E-state index contributed by atoms with van der Waals surface area (Å²) in [6.45, 7) is 2.07. The molecule has 1 atom stereocenters. The third-order valence-electron chi connectivity index (χ3n) is 3.18. The smallest absolute Gasteiger partial charge is 0.321 e. The second kappa shape index (κ2) is 9.93. The van der Waals surface area contributed by atoms with Gasteiger partial charge in [0.1, 0.15) is 5.25 Å². The molecule has 0 unspecified atom stereocenters. The molecule has 0 fully saturated rings. The van der Waals surface area contributed by atoms with E-state index in [-0.39, 0.29) is 12.4 Å². The lowest BCUT2D eigenvalue weighted by molar-refractivity contribution is -0.142. The number of nitrogens with one attached hydrogen (secondary N) is 2. The first-order valence-electron chi connectivity index (χ1n) is 7.87. The van der Waals surface area contributed by atoms with Gasteiger partial charge in [-0.2, -0.15) is 0 Å². The van der Waals surface area contributed by atoms with E-state index in [1.807, 2.05) is 30.3 Å². The molecule has 3 amide bonds. The molecule has 0 bridgehead atoms. The number of imide groups is 1. The van der Waals surface area contributed by atoms with Crippen LogP contribution in [0.15, 0.2) is 40.1 Å². The number of ether oxygens (including phenoxy) is 1. The Labute approximate surface area is 159 Å². The Balaban J connectivity index is 2.14. The summed E-state index contributed by atoms with van der Waals surface area (Å²) in [7, 11) is 1.44. The van der Waals surface area contributed by atoms with Crippen molar-refractivity contribution < 1.29 is 19.1 Å². The zero-order valence-electron chi connectivity index (χ0n) is 14.4. The van der Waals surface area contributed by atoms with Gasteiger partial charge in [-0.05, 0) is 12.5 Å². The Hall–Kier alpha value is -2.39. The van der Waals surface area contributed by atoms with Crippen LogP contribution in [-0.4, -0.2) is 36.5 Å². The van der Waals surface area contributed by atoms with Crippen LogP contribution in [0.2, 0.25) is 0 Å². The number of thioether (sulfide) groups is 1. The number of nitrogens with zero attached hydrogens (tertiary/aromatic N) is 1. The number of urea groups is 1. The molecule has 7 nitrogen and oxygen atoms in total. The first-order chi connectivity index (χ1) is 12.5. The van der Waals surface area contributed by atoms with Crippen molar-refractivity contribution in [3.05, 3.63) is 47.0 Å². The number of hydrogen-bond donors (Lipinski definition) is 2. The highest BCUT2D eigenvalue weighted by atomic mass is 32.2. The van der Waals surface area contributed by atoms with Gasteiger partial charge in [-0.15, -0.1) is 11.3 Å². The molecule has 0 saturated heterocycles. The fourth-order valence-corrected chi connectivity index (χ4v) is 4.05. The van der Waals surface area contributed by atoms with Gasteiger partial charge in [-0.25, -0.2) is 9.78 Å². The number of aromatic nitrogens is 1. The number of hydrogen-bond acceptors (Lipinski definition) is 7. The third-order valence-corrected chi connectivity index (χ3v) is 5.46. The SMILES string of the molecule is CCOC(=O)Cc1csc(S[C@H](C(=O)NC(=O)NC)c2ccccc2)n1. The van der Waals surface area contributed by atoms with Gasteiger partial charge in [0.15, 0.2) is 4.34 Å². The van der Waals surface area contributed by atoms with Crippen LogP contribution in [0.1, 0.15) is 23.4 Å². The van der Waals surface area contributed by atoms with Crippen molar-refractivity contribution >= 4 is 41.0 Å². The van der Waals surface area contributed by atoms with E-state index in [0.717, 1.165) is 5.56 Å². The molecule has 0 spiro atoms. The summed E-state index contributed by atoms with van der Waals surface area (Å²) in [6, 6.07) is 8.55. The van der Waals surface area contributed by atoms with Gasteiger partial charge in [0.2, 0.25) is 5.91 Å². The van der Waals surface area contributed by atoms with E-state index in [1.54, 1.807) is 12.3 Å². The Morgan fingerprint density at radius 3 is 2.65 bits per heavy atom. The minimum atomic E-state index is -0.643. The predicted molar refractivity (Wildman–Crippen MR) is 100 cm³/mol. The molecule has 2 N–H and O–H groups in total. The molecule has 26 heavy (non-hydrogen) atoms. The third kappa shape index (κ3) is 5.85. The largest absolute Gasteiger partial charge is 0.466 e. The molecule has 0 saturated carbocycles. The van der Waals surface area contributed by atoms with Crippen LogP contribution in [0, 0.1) is 0 Å². The van der Waals surface area contributed by atoms with Crippen LogP contribution in [-0.2, 0) is 20.7 Å². The van der Waals surface area contributed by atoms with Gasteiger partial charge in [0.05, 0.1) is 18.7 Å². The second-order valence-electron chi connectivity index (χ2n) is 5.06. The van der Waals surface area contributed by atoms with Crippen LogP contribution in [0.3, 0.4) is 0 Å². The van der Waals surface area contributed by atoms with E-state index in [9.17, 15) is 14.4 Å². The molecular weight excluding hydrogens is 374 g/mol. The predicted octanol–water partition coefficient (Wildman–Crippen LogP) is 2.54. The molecule has 0 aliphatic rings. The molecule has 1 aromatic heterocycles. The Morgan fingerprint density at radius 2 is 2.00 bits per heavy atom. The van der Waals surface area contributed by atoms with Gasteiger partial charge < -0.3 is 10.1 Å². The fourth-order valence-electron chi connectivity index (χ4n) is 2.03. The number of amides is 3. The lowest BCUT2D eigenvalue weighted by Crippen LogP contribution is -2.39. The number of benzene rings is 1. The highest BCUT2D eigenvalue weighted by Crippen LogP contribution is 2.37. The molecule has 1 aromatic carbocycles. The average Bonchev–Trinajstić information content (AvgIpc) is 3.07. The van der Waals surface area contributed by atoms with E-state index < -0.39 is 17.2 Å². The van der Waals surface area contributed by atoms with E-state index >= 15 is 0 Å². The van der Waals surface area contributed by atoms with Crippen LogP contribution in [0.4, 0.5) is 4.79 Å². The Bertz CT molecular complexity index is 764. The van der Waals surface area contributed by atoms with E-state index in [4.69, 9.17) is 4.74 Å². The van der Waals surface area contributed by atoms with Crippen LogP contribution < -0.4 is 10.6 Å². The number of carbonyl (C=O) groups excluding carboxylic acids is 3. The monoisotopic (exact) mass is 393 g/mol. The molecule has 0 radical (unpaired) electrons. The second-order valence-corrected chi connectivity index (χ2v) is 7.27. The van der Waals surface area contributed by atoms with Gasteiger partial charge in [-0.1, -0.05) is 42.1 Å². The highest BCUT2D eigenvalue weighted by Gasteiger charge is 2.25. The molecule has 138 valence electrons. The first-order valence-corrected chi connectivity index (χ1v) is 9.63. The van der Waals surface area contributed by atoms with Crippen LogP contribution in [0.5, 0.6) is 0 Å². The van der Waals surface area contributed by atoms with Crippen molar-refractivity contribution in [1.29, 1.82) is 0 Å². The molecular formula is C17H19N3O4S2. The lowest BCUT2D eigenvalue weighted by Gasteiger charge is -2.14. The van der Waals surface area contributed by atoms with Gasteiger partial charge in [-0.3, -0.25) is 14.9 Å². The zero-order valence-corrected chi connectivity index (χ0v) is 16.0. The van der Waals surface area contributed by atoms with Gasteiger partial charge in [0.25, 0.3) is 0 Å². The Kier molecular flexibility index (Phi) is 7.61. The highest BCUT2D eigenvalue weighted by molar-refractivity contribution is 8.01. The number of rotatable bonds is 7. The van der Waals surface area contributed by atoms with Crippen molar-refractivity contribution in [2.45, 2.75) is 22.9 Å². The molecule has 0 aliphatic carbocycles. The van der Waals surface area contributed by atoms with Gasteiger partial charge in [0, 0.05) is 12.4 Å². The van der Waals surface area contributed by atoms with Crippen molar-refractivity contribution in [2.75, 3.05) is 13.7 Å². The first kappa shape index (κ1) is 19.9. The maximum absolute atomic E-state index is 12.5. The van der Waals surface area contributed by atoms with E-state index in [1.165, 1.54) is 30.1 Å². The van der Waals surface area contributed by atoms with Gasteiger partial charge >= 0.3 is 12.0 Å². The summed E-state index contributed by atoms with van der Waals surface area (Å²) in [5.74, 6) is -0.783. The summed E-state index contributed by atoms with van der Waals surface area (Å²) in [5.41, 5.74) is 1.34. The van der Waals surface area contributed by atoms with E-state index in [2.05, 4.69) is 15.6 Å². The van der Waals surface area contributed by atoms with Crippen molar-refractivity contribution in [3.63, 3.8) is 0 Å². The fraction of sp³-hybridized carbons (Fsp3) is 0.294. The average molecular weight is 393 g/mol. The van der Waals surface area contributed by atoms with Crippen LogP contribution in [0.25, 0.3) is 0 Å². The standard InChI is InChI=1S/C17H19N3O4S2/c1-3-24-13(21)9-12-10-25-17(19-12)26-14(11-7-5-4-6-8-11)15(22)20-16(23)18-2/h4-8,10,14H,3,9H2,1-2H3,(H2,18,20,22,23)/t14-/m0/s1. The minimum Gasteiger partial charge on any atom is -0.466 e. The van der Waals surface area contributed by atoms with Crippen LogP contribution >= 0.6 is 23.1 Å². The number of esters is 1. The summed E-state index contributed by atoms with van der Waals surface area (Å²) < 4.78 is 5.54. The maximum atomic E-state index is 12.5. The van der Waals surface area contributed by atoms with Crippen molar-refractivity contribution in [2.24, 2.45) is 0 Å². The normalized spacial score (nSPS) is 11.5. The summed E-state index contributed by atoms with van der Waals surface area (Å²) >= 11 is 2.57. The van der Waals surface area contributed by atoms with Crippen molar-refractivity contribution in [1.82, 2.24) is 15.6 Å².